The highest BCUT2D eigenvalue weighted by atomic mass is 79.9. The maximum atomic E-state index is 3.81. The van der Waals surface area contributed by atoms with Gasteiger partial charge in [-0.05, 0) is 51.0 Å². The molecule has 2 rings (SSSR count). The fourth-order valence-electron chi connectivity index (χ4n) is 1.07. The number of hydrogen-bond acceptors (Lipinski definition) is 3. The number of nitrogens with zero attached hydrogens (tertiary/aromatic N) is 4. The molecule has 2 aromatic rings. The standard InChI is InChI=1S/C8H7BrN4/c1-6-2-3-7(9)8(4-6)13-5-10-11-12-13/h2-5H,1H3. The maximum Gasteiger partial charge on any atom is 0.143 e. The molecule has 0 aliphatic carbocycles. The van der Waals surface area contributed by atoms with Gasteiger partial charge in [-0.25, -0.2) is 0 Å². The molecule has 0 amide bonds. The molecule has 13 heavy (non-hydrogen) atoms. The van der Waals surface area contributed by atoms with Crippen molar-refractivity contribution in [2.75, 3.05) is 0 Å². The average Bonchev–Trinajstić information content (AvgIpc) is 2.61. The molecule has 0 aliphatic rings. The lowest BCUT2D eigenvalue weighted by Gasteiger charge is -2.03. The van der Waals surface area contributed by atoms with E-state index in [2.05, 4.69) is 31.5 Å². The fraction of sp³-hybridized carbons (Fsp3) is 0.125. The minimum Gasteiger partial charge on any atom is -0.199 e. The second kappa shape index (κ2) is 3.26. The zero-order valence-electron chi connectivity index (χ0n) is 6.98. The molecule has 0 spiro atoms. The van der Waals surface area contributed by atoms with Crippen LogP contribution in [0.3, 0.4) is 0 Å². The van der Waals surface area contributed by atoms with Gasteiger partial charge in [-0.2, -0.15) is 4.68 Å². The quantitative estimate of drug-likeness (QED) is 0.761. The molecule has 0 aliphatic heterocycles. The molecule has 0 fully saturated rings. The number of aromatic nitrogens is 4. The molecule has 0 bridgehead atoms. The Kier molecular flexibility index (Phi) is 2.10. The Labute approximate surface area is 83.7 Å². The third-order valence-electron chi connectivity index (χ3n) is 1.70. The fourth-order valence-corrected chi connectivity index (χ4v) is 1.50. The van der Waals surface area contributed by atoms with E-state index in [-0.39, 0.29) is 0 Å². The molecular weight excluding hydrogens is 232 g/mol. The third kappa shape index (κ3) is 1.60. The minimum atomic E-state index is 0.949. The summed E-state index contributed by atoms with van der Waals surface area (Å²) in [5.41, 5.74) is 2.12. The largest absolute Gasteiger partial charge is 0.199 e. The van der Waals surface area contributed by atoms with Gasteiger partial charge in [-0.3, -0.25) is 0 Å². The normalized spacial score (nSPS) is 10.3. The van der Waals surface area contributed by atoms with Crippen LogP contribution in [0.4, 0.5) is 0 Å². The molecular formula is C8H7BrN4. The number of halogens is 1. The molecule has 1 heterocycles. The molecule has 1 aromatic carbocycles. The summed E-state index contributed by atoms with van der Waals surface area (Å²) in [4.78, 5) is 0. The molecule has 4 nitrogen and oxygen atoms in total. The second-order valence-electron chi connectivity index (χ2n) is 2.71. The van der Waals surface area contributed by atoms with E-state index in [1.54, 1.807) is 11.0 Å². The van der Waals surface area contributed by atoms with E-state index in [1.165, 1.54) is 5.56 Å². The number of benzene rings is 1. The summed E-state index contributed by atoms with van der Waals surface area (Å²) >= 11 is 3.44. The van der Waals surface area contributed by atoms with E-state index in [9.17, 15) is 0 Å². The summed E-state index contributed by atoms with van der Waals surface area (Å²) < 4.78 is 2.60. The van der Waals surface area contributed by atoms with Crippen LogP contribution < -0.4 is 0 Å². The SMILES string of the molecule is Cc1ccc(Br)c(-n2cnnn2)c1. The van der Waals surface area contributed by atoms with E-state index in [0.717, 1.165) is 10.2 Å². The molecule has 5 heteroatoms. The van der Waals surface area contributed by atoms with Crippen LogP contribution in [0.5, 0.6) is 0 Å². The van der Waals surface area contributed by atoms with Crippen molar-refractivity contribution in [2.45, 2.75) is 6.92 Å². The van der Waals surface area contributed by atoms with Crippen molar-refractivity contribution < 1.29 is 0 Å². The molecule has 66 valence electrons. The third-order valence-corrected chi connectivity index (χ3v) is 2.37. The van der Waals surface area contributed by atoms with Gasteiger partial charge >= 0.3 is 0 Å². The highest BCUT2D eigenvalue weighted by Gasteiger charge is 2.02. The van der Waals surface area contributed by atoms with Crippen molar-refractivity contribution in [2.24, 2.45) is 0 Å². The maximum absolute atomic E-state index is 3.81. The monoisotopic (exact) mass is 238 g/mol. The summed E-state index contributed by atoms with van der Waals surface area (Å²) in [6.07, 6.45) is 1.57. The summed E-state index contributed by atoms with van der Waals surface area (Å²) in [5.74, 6) is 0. The second-order valence-corrected chi connectivity index (χ2v) is 3.56. The lowest BCUT2D eigenvalue weighted by Crippen LogP contribution is -1.96. The summed E-state index contributed by atoms with van der Waals surface area (Å²) in [6.45, 7) is 2.03. The highest BCUT2D eigenvalue weighted by molar-refractivity contribution is 9.10. The van der Waals surface area contributed by atoms with Crippen molar-refractivity contribution in [3.05, 3.63) is 34.6 Å². The van der Waals surface area contributed by atoms with Gasteiger partial charge in [0.15, 0.2) is 0 Å². The van der Waals surface area contributed by atoms with Crippen LogP contribution in [0.15, 0.2) is 29.0 Å². The first-order valence-electron chi connectivity index (χ1n) is 3.77. The van der Waals surface area contributed by atoms with E-state index in [4.69, 9.17) is 0 Å². The van der Waals surface area contributed by atoms with Crippen LogP contribution in [0, 0.1) is 6.92 Å². The van der Waals surface area contributed by atoms with Crippen LogP contribution in [0.25, 0.3) is 5.69 Å². The Hall–Kier alpha value is -1.23. The number of tetrazole rings is 1. The van der Waals surface area contributed by atoms with Crippen molar-refractivity contribution in [3.8, 4) is 5.69 Å². The zero-order valence-corrected chi connectivity index (χ0v) is 8.56. The van der Waals surface area contributed by atoms with Crippen LogP contribution in [0.1, 0.15) is 5.56 Å². The Morgan fingerprint density at radius 3 is 2.92 bits per heavy atom. The molecule has 0 radical (unpaired) electrons. The van der Waals surface area contributed by atoms with Crippen molar-refractivity contribution in [1.82, 2.24) is 20.2 Å². The predicted molar refractivity (Wildman–Crippen MR) is 51.6 cm³/mol. The Morgan fingerprint density at radius 2 is 2.23 bits per heavy atom. The van der Waals surface area contributed by atoms with Crippen molar-refractivity contribution in [1.29, 1.82) is 0 Å². The van der Waals surface area contributed by atoms with Gasteiger partial charge in [0.1, 0.15) is 6.33 Å². The minimum absolute atomic E-state index is 0.949. The van der Waals surface area contributed by atoms with Gasteiger partial charge in [-0.15, -0.1) is 5.10 Å². The zero-order chi connectivity index (χ0) is 9.26. The van der Waals surface area contributed by atoms with E-state index in [0.29, 0.717) is 0 Å². The van der Waals surface area contributed by atoms with E-state index < -0.39 is 0 Å². The first kappa shape index (κ1) is 8.37. The molecule has 0 saturated heterocycles. The molecule has 0 unspecified atom stereocenters. The van der Waals surface area contributed by atoms with Gasteiger partial charge in [-0.1, -0.05) is 6.07 Å². The molecule has 1 aromatic heterocycles. The smallest absolute Gasteiger partial charge is 0.143 e. The lowest BCUT2D eigenvalue weighted by atomic mass is 10.2. The van der Waals surface area contributed by atoms with E-state index >= 15 is 0 Å². The van der Waals surface area contributed by atoms with E-state index in [1.807, 2.05) is 25.1 Å². The number of rotatable bonds is 1. The van der Waals surface area contributed by atoms with Gasteiger partial charge in [0.2, 0.25) is 0 Å². The molecule has 0 N–H and O–H groups in total. The number of hydrogen-bond donors (Lipinski definition) is 0. The van der Waals surface area contributed by atoms with Crippen LogP contribution in [0.2, 0.25) is 0 Å². The van der Waals surface area contributed by atoms with Gasteiger partial charge in [0.25, 0.3) is 0 Å². The van der Waals surface area contributed by atoms with Crippen LogP contribution >= 0.6 is 15.9 Å². The Morgan fingerprint density at radius 1 is 1.38 bits per heavy atom. The van der Waals surface area contributed by atoms with Gasteiger partial charge in [0.05, 0.1) is 5.69 Å². The first-order valence-corrected chi connectivity index (χ1v) is 4.56. The molecule has 0 saturated carbocycles. The summed E-state index contributed by atoms with van der Waals surface area (Å²) in [5, 5.41) is 11.0. The van der Waals surface area contributed by atoms with Crippen molar-refractivity contribution in [3.63, 3.8) is 0 Å². The van der Waals surface area contributed by atoms with Gasteiger partial charge < -0.3 is 0 Å². The van der Waals surface area contributed by atoms with Gasteiger partial charge in [0, 0.05) is 4.47 Å². The Bertz CT molecular complexity index is 410. The van der Waals surface area contributed by atoms with Crippen molar-refractivity contribution >= 4 is 15.9 Å². The summed E-state index contributed by atoms with van der Waals surface area (Å²) in [7, 11) is 0. The predicted octanol–water partition coefficient (Wildman–Crippen LogP) is 1.73. The summed E-state index contributed by atoms with van der Waals surface area (Å²) in [6, 6.07) is 6.02. The Balaban J connectivity index is 2.57. The highest BCUT2D eigenvalue weighted by Crippen LogP contribution is 2.20. The first-order chi connectivity index (χ1) is 6.27. The average molecular weight is 239 g/mol. The van der Waals surface area contributed by atoms with Crippen LogP contribution in [-0.4, -0.2) is 20.2 Å². The number of aryl methyl sites for hydroxylation is 1. The lowest BCUT2D eigenvalue weighted by molar-refractivity contribution is 0.786. The topological polar surface area (TPSA) is 43.6 Å². The van der Waals surface area contributed by atoms with Crippen LogP contribution in [-0.2, 0) is 0 Å². The molecule has 0 atom stereocenters.